The van der Waals surface area contributed by atoms with Gasteiger partial charge in [0.15, 0.2) is 0 Å². The number of hydrogen-bond acceptors (Lipinski definition) is 1. The van der Waals surface area contributed by atoms with E-state index in [2.05, 4.69) is 5.32 Å². The molecule has 2 heteroatoms. The van der Waals surface area contributed by atoms with Crippen LogP contribution in [-0.2, 0) is 6.42 Å². The fraction of sp³-hybridized carbons (Fsp3) is 0.400. The fourth-order valence-corrected chi connectivity index (χ4v) is 1.91. The zero-order valence-corrected chi connectivity index (χ0v) is 7.10. The average molecular weight is 165 g/mol. The van der Waals surface area contributed by atoms with E-state index in [9.17, 15) is 4.39 Å². The first kappa shape index (κ1) is 7.74. The van der Waals surface area contributed by atoms with Crippen molar-refractivity contribution in [2.75, 3.05) is 7.05 Å². The van der Waals surface area contributed by atoms with Crippen LogP contribution in [0.4, 0.5) is 4.39 Å². The first-order chi connectivity index (χ1) is 5.83. The van der Waals surface area contributed by atoms with E-state index in [4.69, 9.17) is 0 Å². The Hall–Kier alpha value is -0.890. The van der Waals surface area contributed by atoms with Crippen molar-refractivity contribution < 1.29 is 4.39 Å². The van der Waals surface area contributed by atoms with Gasteiger partial charge >= 0.3 is 0 Å². The molecule has 0 unspecified atom stereocenters. The highest BCUT2D eigenvalue weighted by Crippen LogP contribution is 2.31. The van der Waals surface area contributed by atoms with Gasteiger partial charge in [-0.2, -0.15) is 0 Å². The highest BCUT2D eigenvalue weighted by Gasteiger charge is 2.22. The van der Waals surface area contributed by atoms with Crippen LogP contribution in [0.1, 0.15) is 23.6 Å². The molecule has 1 N–H and O–H groups in total. The molecule has 1 aliphatic carbocycles. The second kappa shape index (κ2) is 2.87. The number of fused-ring (bicyclic) bond motifs is 1. The second-order valence-electron chi connectivity index (χ2n) is 3.19. The molecule has 12 heavy (non-hydrogen) atoms. The van der Waals surface area contributed by atoms with Gasteiger partial charge in [-0.15, -0.1) is 0 Å². The maximum atomic E-state index is 13.2. The van der Waals surface area contributed by atoms with Crippen molar-refractivity contribution in [1.82, 2.24) is 5.32 Å². The van der Waals surface area contributed by atoms with E-state index in [1.807, 2.05) is 13.1 Å². The minimum Gasteiger partial charge on any atom is -0.313 e. The van der Waals surface area contributed by atoms with Crippen LogP contribution in [0, 0.1) is 5.82 Å². The molecule has 0 amide bonds. The lowest BCUT2D eigenvalue weighted by Gasteiger charge is -2.08. The number of benzene rings is 1. The molecule has 1 aliphatic rings. The molecule has 0 bridgehead atoms. The minimum atomic E-state index is -0.0507. The Labute approximate surface area is 71.6 Å². The molecule has 1 nitrogen and oxygen atoms in total. The van der Waals surface area contributed by atoms with Crippen LogP contribution < -0.4 is 5.32 Å². The van der Waals surface area contributed by atoms with E-state index in [0.717, 1.165) is 24.0 Å². The summed E-state index contributed by atoms with van der Waals surface area (Å²) < 4.78 is 13.2. The van der Waals surface area contributed by atoms with E-state index < -0.39 is 0 Å². The monoisotopic (exact) mass is 165 g/mol. The Bertz CT molecular complexity index is 296. The predicted octanol–water partition coefficient (Wildman–Crippen LogP) is 2.03. The van der Waals surface area contributed by atoms with Gasteiger partial charge in [-0.25, -0.2) is 4.39 Å². The molecule has 0 aromatic heterocycles. The largest absolute Gasteiger partial charge is 0.313 e. The van der Waals surface area contributed by atoms with Crippen molar-refractivity contribution in [3.05, 3.63) is 35.1 Å². The molecule has 0 heterocycles. The Morgan fingerprint density at radius 1 is 1.50 bits per heavy atom. The Morgan fingerprint density at radius 2 is 2.33 bits per heavy atom. The van der Waals surface area contributed by atoms with Crippen LogP contribution in [0.5, 0.6) is 0 Å². The molecule has 0 saturated heterocycles. The molecule has 0 aliphatic heterocycles. The van der Waals surface area contributed by atoms with Crippen LogP contribution in [0.2, 0.25) is 0 Å². The molecule has 0 fully saturated rings. The van der Waals surface area contributed by atoms with Gasteiger partial charge in [0, 0.05) is 6.04 Å². The summed E-state index contributed by atoms with van der Waals surface area (Å²) in [4.78, 5) is 0. The Morgan fingerprint density at radius 3 is 3.08 bits per heavy atom. The second-order valence-corrected chi connectivity index (χ2v) is 3.19. The third-order valence-corrected chi connectivity index (χ3v) is 2.56. The maximum absolute atomic E-state index is 13.2. The third-order valence-electron chi connectivity index (χ3n) is 2.56. The van der Waals surface area contributed by atoms with Crippen LogP contribution in [0.3, 0.4) is 0 Å². The summed E-state index contributed by atoms with van der Waals surface area (Å²) in [5.74, 6) is -0.0507. The molecule has 0 radical (unpaired) electrons. The molecule has 1 aromatic carbocycles. The SMILES string of the molecule is CN[C@H]1CCc2c(F)cccc21. The van der Waals surface area contributed by atoms with Gasteiger partial charge in [0.2, 0.25) is 0 Å². The van der Waals surface area contributed by atoms with Gasteiger partial charge in [0.1, 0.15) is 5.82 Å². The Kier molecular flexibility index (Phi) is 1.85. The molecule has 1 aromatic rings. The van der Waals surface area contributed by atoms with Gasteiger partial charge in [0.25, 0.3) is 0 Å². The smallest absolute Gasteiger partial charge is 0.126 e. The summed E-state index contributed by atoms with van der Waals surface area (Å²) in [5.41, 5.74) is 2.04. The zero-order chi connectivity index (χ0) is 8.55. The third kappa shape index (κ3) is 1.03. The number of rotatable bonds is 1. The average Bonchev–Trinajstić information content (AvgIpc) is 2.49. The number of hydrogen-bond donors (Lipinski definition) is 1. The summed E-state index contributed by atoms with van der Waals surface area (Å²) in [6.07, 6.45) is 1.89. The van der Waals surface area contributed by atoms with Crippen molar-refractivity contribution in [2.24, 2.45) is 0 Å². The number of nitrogens with one attached hydrogen (secondary N) is 1. The zero-order valence-electron chi connectivity index (χ0n) is 7.10. The van der Waals surface area contributed by atoms with Gasteiger partial charge in [-0.3, -0.25) is 0 Å². The lowest BCUT2D eigenvalue weighted by atomic mass is 10.1. The van der Waals surface area contributed by atoms with E-state index in [1.54, 1.807) is 6.07 Å². The van der Waals surface area contributed by atoms with Gasteiger partial charge in [-0.05, 0) is 37.1 Å². The quantitative estimate of drug-likeness (QED) is 0.671. The lowest BCUT2D eigenvalue weighted by molar-refractivity contribution is 0.589. The Balaban J connectivity index is 2.46. The van der Waals surface area contributed by atoms with Crippen LogP contribution >= 0.6 is 0 Å². The van der Waals surface area contributed by atoms with Crippen molar-refractivity contribution >= 4 is 0 Å². The summed E-state index contributed by atoms with van der Waals surface area (Å²) >= 11 is 0. The molecular weight excluding hydrogens is 153 g/mol. The van der Waals surface area contributed by atoms with Crippen molar-refractivity contribution in [2.45, 2.75) is 18.9 Å². The highest BCUT2D eigenvalue weighted by molar-refractivity contribution is 5.35. The lowest BCUT2D eigenvalue weighted by Crippen LogP contribution is -2.12. The molecule has 0 saturated carbocycles. The van der Waals surface area contributed by atoms with Crippen LogP contribution in [0.15, 0.2) is 18.2 Å². The van der Waals surface area contributed by atoms with Crippen molar-refractivity contribution in [3.8, 4) is 0 Å². The predicted molar refractivity (Wildman–Crippen MR) is 46.5 cm³/mol. The first-order valence-electron chi connectivity index (χ1n) is 4.27. The van der Waals surface area contributed by atoms with Gasteiger partial charge < -0.3 is 5.32 Å². The van der Waals surface area contributed by atoms with Crippen molar-refractivity contribution in [1.29, 1.82) is 0 Å². The fourth-order valence-electron chi connectivity index (χ4n) is 1.91. The summed E-state index contributed by atoms with van der Waals surface area (Å²) in [7, 11) is 1.92. The van der Waals surface area contributed by atoms with Crippen LogP contribution in [-0.4, -0.2) is 7.05 Å². The van der Waals surface area contributed by atoms with E-state index in [1.165, 1.54) is 6.07 Å². The van der Waals surface area contributed by atoms with Crippen molar-refractivity contribution in [3.63, 3.8) is 0 Å². The van der Waals surface area contributed by atoms with Gasteiger partial charge in [-0.1, -0.05) is 12.1 Å². The topological polar surface area (TPSA) is 12.0 Å². The summed E-state index contributed by atoms with van der Waals surface area (Å²) in [6.45, 7) is 0. The van der Waals surface area contributed by atoms with E-state index in [-0.39, 0.29) is 5.82 Å². The molecule has 0 spiro atoms. The minimum absolute atomic E-state index is 0.0507. The van der Waals surface area contributed by atoms with Crippen LogP contribution in [0.25, 0.3) is 0 Å². The molecule has 64 valence electrons. The highest BCUT2D eigenvalue weighted by atomic mass is 19.1. The maximum Gasteiger partial charge on any atom is 0.126 e. The normalized spacial score (nSPS) is 21.0. The first-order valence-corrected chi connectivity index (χ1v) is 4.27. The molecular formula is C10H12FN. The molecule has 1 atom stereocenters. The number of halogens is 1. The summed E-state index contributed by atoms with van der Waals surface area (Å²) in [5, 5.41) is 3.18. The van der Waals surface area contributed by atoms with Gasteiger partial charge in [0.05, 0.1) is 0 Å². The van der Waals surface area contributed by atoms with E-state index >= 15 is 0 Å². The molecule has 2 rings (SSSR count). The summed E-state index contributed by atoms with van der Waals surface area (Å²) in [6, 6.07) is 5.68. The standard InChI is InChI=1S/C10H12FN/c1-12-10-6-5-7-8(10)3-2-4-9(7)11/h2-4,10,12H,5-6H2,1H3/t10-/m0/s1. The van der Waals surface area contributed by atoms with E-state index in [0.29, 0.717) is 6.04 Å².